The molecule has 196 valence electrons. The molecule has 3 aromatic rings. The van der Waals surface area contributed by atoms with Gasteiger partial charge in [0.05, 0.1) is 24.8 Å². The Labute approximate surface area is 218 Å². The summed E-state index contributed by atoms with van der Waals surface area (Å²) in [5, 5.41) is 3.65. The van der Waals surface area contributed by atoms with Crippen LogP contribution in [0.25, 0.3) is 11.0 Å². The van der Waals surface area contributed by atoms with Crippen LogP contribution in [0.5, 0.6) is 5.75 Å². The molecular formula is C27H36N8O2. The van der Waals surface area contributed by atoms with E-state index in [4.69, 9.17) is 14.5 Å². The molecule has 6 rings (SSSR count). The Morgan fingerprint density at radius 3 is 2.46 bits per heavy atom. The zero-order valence-electron chi connectivity index (χ0n) is 21.6. The fraction of sp³-hybridized carbons (Fsp3) is 0.556. The van der Waals surface area contributed by atoms with Crippen molar-refractivity contribution in [2.45, 2.75) is 37.8 Å². The van der Waals surface area contributed by atoms with Gasteiger partial charge in [0.25, 0.3) is 0 Å². The Bertz CT molecular complexity index is 1190. The molecule has 2 saturated heterocycles. The van der Waals surface area contributed by atoms with E-state index in [1.165, 1.54) is 0 Å². The van der Waals surface area contributed by atoms with Crippen molar-refractivity contribution in [3.05, 3.63) is 36.8 Å². The van der Waals surface area contributed by atoms with Gasteiger partial charge in [-0.15, -0.1) is 0 Å². The quantitative estimate of drug-likeness (QED) is 0.540. The average molecular weight is 505 g/mol. The van der Waals surface area contributed by atoms with E-state index in [0.29, 0.717) is 6.04 Å². The lowest BCUT2D eigenvalue weighted by Gasteiger charge is -2.33. The van der Waals surface area contributed by atoms with Crippen molar-refractivity contribution >= 4 is 28.5 Å². The molecule has 3 fully saturated rings. The molecule has 2 aromatic heterocycles. The summed E-state index contributed by atoms with van der Waals surface area (Å²) in [6.45, 7) is 7.26. The summed E-state index contributed by atoms with van der Waals surface area (Å²) in [4.78, 5) is 25.4. The van der Waals surface area contributed by atoms with Crippen molar-refractivity contribution in [1.82, 2.24) is 24.8 Å². The van der Waals surface area contributed by atoms with E-state index in [2.05, 4.69) is 54.1 Å². The molecular weight excluding hydrogens is 468 g/mol. The molecule has 10 nitrogen and oxygen atoms in total. The van der Waals surface area contributed by atoms with Gasteiger partial charge in [-0.05, 0) is 44.9 Å². The van der Waals surface area contributed by atoms with E-state index in [0.717, 1.165) is 112 Å². The van der Waals surface area contributed by atoms with Crippen LogP contribution in [0.2, 0.25) is 0 Å². The van der Waals surface area contributed by atoms with Crippen LogP contribution in [0.1, 0.15) is 25.7 Å². The molecule has 1 aliphatic carbocycles. The fourth-order valence-corrected chi connectivity index (χ4v) is 5.42. The number of fused-ring (bicyclic) bond motifs is 1. The monoisotopic (exact) mass is 504 g/mol. The Kier molecular flexibility index (Phi) is 7.18. The van der Waals surface area contributed by atoms with Crippen LogP contribution >= 0.6 is 0 Å². The molecule has 0 bridgehead atoms. The Hall–Kier alpha value is -3.24. The minimum Gasteiger partial charge on any atom is -0.488 e. The largest absolute Gasteiger partial charge is 0.488 e. The third-order valence-electron chi connectivity index (χ3n) is 7.65. The van der Waals surface area contributed by atoms with Crippen LogP contribution in [0.4, 0.5) is 17.5 Å². The molecule has 0 radical (unpaired) electrons. The number of rotatable bonds is 6. The van der Waals surface area contributed by atoms with Gasteiger partial charge in [0, 0.05) is 75.7 Å². The third-order valence-corrected chi connectivity index (χ3v) is 7.65. The van der Waals surface area contributed by atoms with Gasteiger partial charge in [-0.3, -0.25) is 4.98 Å². The van der Waals surface area contributed by atoms with Gasteiger partial charge in [-0.25, -0.2) is 9.97 Å². The van der Waals surface area contributed by atoms with Crippen molar-refractivity contribution in [2.75, 3.05) is 74.6 Å². The van der Waals surface area contributed by atoms with Crippen LogP contribution in [0, 0.1) is 0 Å². The number of likely N-dealkylation sites (N-methyl/N-ethyl adjacent to an activating group) is 1. The number of aromatic nitrogens is 4. The van der Waals surface area contributed by atoms with E-state index in [9.17, 15) is 0 Å². The van der Waals surface area contributed by atoms with Crippen molar-refractivity contribution in [3.8, 4) is 5.75 Å². The number of nitrogens with one attached hydrogen (secondary N) is 1. The second-order valence-electron chi connectivity index (χ2n) is 10.2. The number of nitrogens with zero attached hydrogens (tertiary/aromatic N) is 7. The summed E-state index contributed by atoms with van der Waals surface area (Å²) >= 11 is 0. The minimum absolute atomic E-state index is 0.162. The van der Waals surface area contributed by atoms with Gasteiger partial charge in [-0.1, -0.05) is 0 Å². The number of ether oxygens (including phenoxy) is 2. The maximum absolute atomic E-state index is 6.58. The zero-order valence-corrected chi connectivity index (χ0v) is 21.6. The zero-order chi connectivity index (χ0) is 25.0. The topological polar surface area (TPSA) is 91.8 Å². The van der Waals surface area contributed by atoms with Crippen molar-refractivity contribution in [3.63, 3.8) is 0 Å². The van der Waals surface area contributed by atoms with E-state index in [1.807, 2.05) is 12.3 Å². The molecule has 37 heavy (non-hydrogen) atoms. The van der Waals surface area contributed by atoms with Gasteiger partial charge in [0.15, 0.2) is 0 Å². The Morgan fingerprint density at radius 2 is 1.65 bits per heavy atom. The molecule has 1 aromatic carbocycles. The first-order valence-electron chi connectivity index (χ1n) is 13.5. The molecule has 4 heterocycles. The lowest BCUT2D eigenvalue weighted by Crippen LogP contribution is -2.45. The predicted octanol–water partition coefficient (Wildman–Crippen LogP) is 2.81. The first-order chi connectivity index (χ1) is 18.2. The molecule has 1 saturated carbocycles. The van der Waals surface area contributed by atoms with Crippen LogP contribution in [-0.2, 0) is 4.74 Å². The SMILES string of the molecule is CN1CCN(c2nccc(N[C@H]3CC[C@@H](Oc4cc(N5CCOCC5)cc5nccnc45)CC3)n2)CC1. The van der Waals surface area contributed by atoms with Gasteiger partial charge in [0.1, 0.15) is 17.1 Å². The summed E-state index contributed by atoms with van der Waals surface area (Å²) in [5.41, 5.74) is 2.83. The average Bonchev–Trinajstić information content (AvgIpc) is 2.95. The van der Waals surface area contributed by atoms with Crippen LogP contribution in [-0.4, -0.2) is 96.5 Å². The molecule has 3 aliphatic rings. The highest BCUT2D eigenvalue weighted by molar-refractivity contribution is 5.85. The maximum atomic E-state index is 6.58. The Morgan fingerprint density at radius 1 is 0.865 bits per heavy atom. The maximum Gasteiger partial charge on any atom is 0.227 e. The minimum atomic E-state index is 0.162. The van der Waals surface area contributed by atoms with Crippen molar-refractivity contribution < 1.29 is 9.47 Å². The van der Waals surface area contributed by atoms with Gasteiger partial charge < -0.3 is 29.5 Å². The molecule has 2 aliphatic heterocycles. The van der Waals surface area contributed by atoms with Gasteiger partial charge in [0.2, 0.25) is 5.95 Å². The number of anilines is 3. The fourth-order valence-electron chi connectivity index (χ4n) is 5.42. The van der Waals surface area contributed by atoms with E-state index in [-0.39, 0.29) is 6.10 Å². The first kappa shape index (κ1) is 24.1. The second-order valence-corrected chi connectivity index (χ2v) is 10.2. The highest BCUT2D eigenvalue weighted by atomic mass is 16.5. The first-order valence-corrected chi connectivity index (χ1v) is 13.5. The molecule has 0 amide bonds. The van der Waals surface area contributed by atoms with E-state index < -0.39 is 0 Å². The third kappa shape index (κ3) is 5.70. The summed E-state index contributed by atoms with van der Waals surface area (Å²) in [7, 11) is 2.16. The lowest BCUT2D eigenvalue weighted by atomic mass is 9.93. The van der Waals surface area contributed by atoms with E-state index >= 15 is 0 Å². The van der Waals surface area contributed by atoms with E-state index in [1.54, 1.807) is 12.4 Å². The number of hydrogen-bond donors (Lipinski definition) is 1. The molecule has 10 heteroatoms. The van der Waals surface area contributed by atoms with Crippen LogP contribution in [0.3, 0.4) is 0 Å². The predicted molar refractivity (Wildman–Crippen MR) is 145 cm³/mol. The molecule has 0 unspecified atom stereocenters. The summed E-state index contributed by atoms with van der Waals surface area (Å²) in [6, 6.07) is 6.60. The standard InChI is InChI=1S/C27H36N8O2/c1-33-10-12-35(13-11-33)27-30-7-6-25(32-27)31-20-2-4-22(5-3-20)37-24-19-21(34-14-16-36-17-15-34)18-23-26(24)29-9-8-28-23/h6-9,18-20,22H,2-5,10-17H2,1H3,(H,30,31,32)/t20-,22+. The van der Waals surface area contributed by atoms with Crippen LogP contribution < -0.4 is 19.9 Å². The molecule has 1 N–H and O–H groups in total. The summed E-state index contributed by atoms with van der Waals surface area (Å²) in [5.74, 6) is 2.56. The summed E-state index contributed by atoms with van der Waals surface area (Å²) < 4.78 is 12.1. The van der Waals surface area contributed by atoms with Crippen molar-refractivity contribution in [2.24, 2.45) is 0 Å². The smallest absolute Gasteiger partial charge is 0.227 e. The Balaban J connectivity index is 1.08. The number of morpholine rings is 1. The number of piperazine rings is 1. The van der Waals surface area contributed by atoms with Gasteiger partial charge in [-0.2, -0.15) is 4.98 Å². The normalized spacial score (nSPS) is 23.3. The highest BCUT2D eigenvalue weighted by Gasteiger charge is 2.25. The molecule has 0 atom stereocenters. The number of benzene rings is 1. The molecule has 0 spiro atoms. The van der Waals surface area contributed by atoms with Crippen molar-refractivity contribution in [1.29, 1.82) is 0 Å². The van der Waals surface area contributed by atoms with Crippen LogP contribution in [0.15, 0.2) is 36.8 Å². The number of hydrogen-bond acceptors (Lipinski definition) is 10. The lowest BCUT2D eigenvalue weighted by molar-refractivity contribution is 0.122. The van der Waals surface area contributed by atoms with Gasteiger partial charge >= 0.3 is 0 Å². The summed E-state index contributed by atoms with van der Waals surface area (Å²) in [6.07, 6.45) is 9.54. The highest BCUT2D eigenvalue weighted by Crippen LogP contribution is 2.33. The second kappa shape index (κ2) is 11.0.